The second kappa shape index (κ2) is 6.52. The summed E-state index contributed by atoms with van der Waals surface area (Å²) in [6, 6.07) is 5.61. The van der Waals surface area contributed by atoms with Crippen molar-refractivity contribution in [3.63, 3.8) is 0 Å². The van der Waals surface area contributed by atoms with Crippen LogP contribution in [0.5, 0.6) is 0 Å². The summed E-state index contributed by atoms with van der Waals surface area (Å²) in [6.45, 7) is 2.49. The molecule has 1 fully saturated rings. The first-order chi connectivity index (χ1) is 11.4. The molecule has 1 aromatic heterocycles. The monoisotopic (exact) mass is 340 g/mol. The zero-order valence-electron chi connectivity index (χ0n) is 13.3. The predicted molar refractivity (Wildman–Crippen MR) is 80.6 cm³/mol. The van der Waals surface area contributed by atoms with E-state index in [-0.39, 0.29) is 12.6 Å². The summed E-state index contributed by atoms with van der Waals surface area (Å²) in [6.07, 6.45) is -2.31. The molecule has 1 aliphatic rings. The summed E-state index contributed by atoms with van der Waals surface area (Å²) < 4.78 is 43.8. The van der Waals surface area contributed by atoms with Crippen LogP contribution in [0.4, 0.5) is 13.2 Å². The molecule has 2 N–H and O–H groups in total. The van der Waals surface area contributed by atoms with Gasteiger partial charge in [-0.1, -0.05) is 17.3 Å². The van der Waals surface area contributed by atoms with Gasteiger partial charge in [0.1, 0.15) is 0 Å². The molecular weight excluding hydrogens is 321 g/mol. The first-order valence-electron chi connectivity index (χ1n) is 7.83. The van der Waals surface area contributed by atoms with Gasteiger partial charge in [0.25, 0.3) is 0 Å². The standard InChI is InChI=1S/C16H19F3N4O/c1-10(11-3-2-4-12(7-11)16(17,18)19)23(13-5-6-13)9-14-21-15(8-20)24-22-14/h2-4,7,10,13H,5-6,8-9,20H2,1H3. The lowest BCUT2D eigenvalue weighted by molar-refractivity contribution is -0.137. The Balaban J connectivity index is 1.81. The number of halogens is 3. The molecule has 1 unspecified atom stereocenters. The largest absolute Gasteiger partial charge is 0.416 e. The van der Waals surface area contributed by atoms with Crippen LogP contribution in [-0.4, -0.2) is 21.1 Å². The van der Waals surface area contributed by atoms with Gasteiger partial charge in [0.05, 0.1) is 18.7 Å². The maximum Gasteiger partial charge on any atom is 0.416 e. The van der Waals surface area contributed by atoms with Crippen LogP contribution in [0.15, 0.2) is 28.8 Å². The minimum atomic E-state index is -4.34. The van der Waals surface area contributed by atoms with Crippen LogP contribution in [0.1, 0.15) is 48.6 Å². The second-order valence-corrected chi connectivity index (χ2v) is 6.01. The molecule has 3 rings (SSSR count). The number of rotatable bonds is 6. The molecule has 24 heavy (non-hydrogen) atoms. The maximum atomic E-state index is 12.9. The fourth-order valence-corrected chi connectivity index (χ4v) is 2.76. The Morgan fingerprint density at radius 2 is 2.12 bits per heavy atom. The van der Waals surface area contributed by atoms with Crippen LogP contribution in [0.2, 0.25) is 0 Å². The summed E-state index contributed by atoms with van der Waals surface area (Å²) in [4.78, 5) is 6.30. The van der Waals surface area contributed by atoms with Crippen LogP contribution in [0.25, 0.3) is 0 Å². The van der Waals surface area contributed by atoms with E-state index in [0.29, 0.717) is 29.9 Å². The highest BCUT2D eigenvalue weighted by atomic mass is 19.4. The van der Waals surface area contributed by atoms with Crippen molar-refractivity contribution in [1.29, 1.82) is 0 Å². The third-order valence-electron chi connectivity index (χ3n) is 4.22. The maximum absolute atomic E-state index is 12.9. The summed E-state index contributed by atoms with van der Waals surface area (Å²) in [5.41, 5.74) is 5.45. The molecule has 0 saturated heterocycles. The van der Waals surface area contributed by atoms with Crippen molar-refractivity contribution in [2.24, 2.45) is 5.73 Å². The quantitative estimate of drug-likeness (QED) is 0.874. The van der Waals surface area contributed by atoms with E-state index in [0.717, 1.165) is 18.9 Å². The third kappa shape index (κ3) is 3.76. The van der Waals surface area contributed by atoms with Crippen LogP contribution < -0.4 is 5.73 Å². The van der Waals surface area contributed by atoms with E-state index in [1.807, 2.05) is 6.92 Å². The lowest BCUT2D eigenvalue weighted by Crippen LogP contribution is -2.29. The van der Waals surface area contributed by atoms with Crippen molar-refractivity contribution in [2.45, 2.75) is 51.1 Å². The van der Waals surface area contributed by atoms with E-state index in [1.165, 1.54) is 12.1 Å². The first-order valence-corrected chi connectivity index (χ1v) is 7.83. The second-order valence-electron chi connectivity index (χ2n) is 6.01. The number of alkyl halides is 3. The summed E-state index contributed by atoms with van der Waals surface area (Å²) in [7, 11) is 0. The molecule has 1 aromatic carbocycles. The van der Waals surface area contributed by atoms with Gasteiger partial charge in [0, 0.05) is 12.1 Å². The molecule has 1 heterocycles. The van der Waals surface area contributed by atoms with Crippen molar-refractivity contribution in [2.75, 3.05) is 0 Å². The Bertz CT molecular complexity index is 697. The normalized spacial score (nSPS) is 16.6. The highest BCUT2D eigenvalue weighted by molar-refractivity contribution is 5.28. The van der Waals surface area contributed by atoms with E-state index < -0.39 is 11.7 Å². The molecule has 0 amide bonds. The molecule has 130 valence electrons. The van der Waals surface area contributed by atoms with Gasteiger partial charge in [-0.25, -0.2) is 0 Å². The topological polar surface area (TPSA) is 68.2 Å². The summed E-state index contributed by atoms with van der Waals surface area (Å²) in [5, 5.41) is 3.88. The molecule has 8 heteroatoms. The molecular formula is C16H19F3N4O. The fraction of sp³-hybridized carbons (Fsp3) is 0.500. The van der Waals surface area contributed by atoms with Gasteiger partial charge in [-0.3, -0.25) is 4.90 Å². The van der Waals surface area contributed by atoms with E-state index in [4.69, 9.17) is 10.3 Å². The van der Waals surface area contributed by atoms with Gasteiger partial charge < -0.3 is 10.3 Å². The minimum Gasteiger partial charge on any atom is -0.338 e. The number of nitrogens with zero attached hydrogens (tertiary/aromatic N) is 3. The van der Waals surface area contributed by atoms with E-state index in [9.17, 15) is 13.2 Å². The number of hydrogen-bond acceptors (Lipinski definition) is 5. The molecule has 0 aliphatic heterocycles. The van der Waals surface area contributed by atoms with Gasteiger partial charge in [0.15, 0.2) is 5.82 Å². The molecule has 0 radical (unpaired) electrons. The van der Waals surface area contributed by atoms with E-state index >= 15 is 0 Å². The average molecular weight is 340 g/mol. The summed E-state index contributed by atoms with van der Waals surface area (Å²) in [5.74, 6) is 0.855. The van der Waals surface area contributed by atoms with Crippen molar-refractivity contribution in [3.8, 4) is 0 Å². The molecule has 1 atom stereocenters. The number of aromatic nitrogens is 2. The van der Waals surface area contributed by atoms with Gasteiger partial charge in [0.2, 0.25) is 5.89 Å². The minimum absolute atomic E-state index is 0.166. The Morgan fingerprint density at radius 3 is 2.71 bits per heavy atom. The highest BCUT2D eigenvalue weighted by Gasteiger charge is 2.35. The van der Waals surface area contributed by atoms with Gasteiger partial charge in [-0.15, -0.1) is 0 Å². The lowest BCUT2D eigenvalue weighted by Gasteiger charge is -2.28. The Hall–Kier alpha value is -1.93. The SMILES string of the molecule is CC(c1cccc(C(F)(F)F)c1)N(Cc1noc(CN)n1)C1CC1. The van der Waals surface area contributed by atoms with Crippen molar-refractivity contribution in [1.82, 2.24) is 15.0 Å². The van der Waals surface area contributed by atoms with Gasteiger partial charge >= 0.3 is 6.18 Å². The zero-order valence-corrected chi connectivity index (χ0v) is 13.3. The van der Waals surface area contributed by atoms with Crippen LogP contribution in [-0.2, 0) is 19.3 Å². The van der Waals surface area contributed by atoms with Crippen molar-refractivity contribution in [3.05, 3.63) is 47.1 Å². The first kappa shape index (κ1) is 16.9. The van der Waals surface area contributed by atoms with Crippen LogP contribution >= 0.6 is 0 Å². The molecule has 1 saturated carbocycles. The number of nitrogens with two attached hydrogens (primary N) is 1. The zero-order chi connectivity index (χ0) is 17.3. The van der Waals surface area contributed by atoms with E-state index in [1.54, 1.807) is 6.07 Å². The Kier molecular flexibility index (Phi) is 4.60. The molecule has 5 nitrogen and oxygen atoms in total. The number of hydrogen-bond donors (Lipinski definition) is 1. The highest BCUT2D eigenvalue weighted by Crippen LogP contribution is 2.37. The van der Waals surface area contributed by atoms with Crippen LogP contribution in [0.3, 0.4) is 0 Å². The Labute approximate surface area is 137 Å². The van der Waals surface area contributed by atoms with E-state index in [2.05, 4.69) is 15.0 Å². The Morgan fingerprint density at radius 1 is 1.38 bits per heavy atom. The number of benzene rings is 1. The summed E-state index contributed by atoms with van der Waals surface area (Å²) >= 11 is 0. The molecule has 1 aliphatic carbocycles. The van der Waals surface area contributed by atoms with Gasteiger partial charge in [-0.05, 0) is 37.5 Å². The van der Waals surface area contributed by atoms with Crippen molar-refractivity contribution < 1.29 is 17.7 Å². The fourth-order valence-electron chi connectivity index (χ4n) is 2.76. The lowest BCUT2D eigenvalue weighted by atomic mass is 10.0. The van der Waals surface area contributed by atoms with Crippen LogP contribution in [0, 0.1) is 0 Å². The molecule has 0 spiro atoms. The predicted octanol–water partition coefficient (Wildman–Crippen LogP) is 3.27. The average Bonchev–Trinajstić information content (AvgIpc) is 3.30. The molecule has 2 aromatic rings. The third-order valence-corrected chi connectivity index (χ3v) is 4.22. The smallest absolute Gasteiger partial charge is 0.338 e. The van der Waals surface area contributed by atoms with Gasteiger partial charge in [-0.2, -0.15) is 18.2 Å². The molecule has 0 bridgehead atoms. The van der Waals surface area contributed by atoms with Crippen molar-refractivity contribution >= 4 is 0 Å².